The summed E-state index contributed by atoms with van der Waals surface area (Å²) >= 11 is 0. The van der Waals surface area contributed by atoms with Crippen LogP contribution in [0.25, 0.3) is 0 Å². The minimum atomic E-state index is 0.839. The molecule has 2 saturated carbocycles. The van der Waals surface area contributed by atoms with Crippen LogP contribution in [0.3, 0.4) is 0 Å². The van der Waals surface area contributed by atoms with E-state index in [-0.39, 0.29) is 0 Å². The van der Waals surface area contributed by atoms with Crippen LogP contribution in [0.2, 0.25) is 0 Å². The second-order valence-electron chi connectivity index (χ2n) is 6.69. The zero-order valence-electron chi connectivity index (χ0n) is 12.4. The molecule has 2 aliphatic carbocycles. The molecule has 0 aromatic rings. The Morgan fingerprint density at radius 1 is 0.667 bits per heavy atom. The third-order valence-electron chi connectivity index (χ3n) is 5.24. The molecule has 1 N–H and O–H groups in total. The van der Waals surface area contributed by atoms with Crippen molar-refractivity contribution >= 4 is 0 Å². The Bertz CT molecular complexity index is 206. The maximum Gasteiger partial charge on any atom is 0.00697 e. The monoisotopic (exact) mass is 251 g/mol. The van der Waals surface area contributed by atoms with Crippen molar-refractivity contribution in [2.24, 2.45) is 5.92 Å². The van der Waals surface area contributed by atoms with Gasteiger partial charge >= 0.3 is 0 Å². The van der Waals surface area contributed by atoms with Crippen molar-refractivity contribution in [1.29, 1.82) is 0 Å². The van der Waals surface area contributed by atoms with Crippen LogP contribution in [0, 0.1) is 5.92 Å². The lowest BCUT2D eigenvalue weighted by Crippen LogP contribution is -2.38. The van der Waals surface area contributed by atoms with E-state index in [1.807, 2.05) is 0 Å². The molecule has 0 spiro atoms. The van der Waals surface area contributed by atoms with Crippen molar-refractivity contribution in [3.63, 3.8) is 0 Å². The van der Waals surface area contributed by atoms with Crippen molar-refractivity contribution in [3.8, 4) is 0 Å². The summed E-state index contributed by atoms with van der Waals surface area (Å²) in [5, 5.41) is 4.01. The highest BCUT2D eigenvalue weighted by atomic mass is 14.9. The minimum Gasteiger partial charge on any atom is -0.311 e. The standard InChI is InChI=1S/C17H33N/c1-2-15-9-8-12-17(14-13-15)18-16-10-6-4-3-5-7-11-16/h15-18H,2-14H2,1H3. The first-order valence-corrected chi connectivity index (χ1v) is 8.64. The van der Waals surface area contributed by atoms with E-state index in [1.165, 1.54) is 83.5 Å². The summed E-state index contributed by atoms with van der Waals surface area (Å²) in [6.45, 7) is 2.37. The number of hydrogen-bond donors (Lipinski definition) is 1. The van der Waals surface area contributed by atoms with Gasteiger partial charge in [-0.25, -0.2) is 0 Å². The molecule has 2 fully saturated rings. The highest BCUT2D eigenvalue weighted by Crippen LogP contribution is 2.26. The van der Waals surface area contributed by atoms with Crippen molar-refractivity contribution in [3.05, 3.63) is 0 Å². The first-order valence-electron chi connectivity index (χ1n) is 8.64. The first kappa shape index (κ1) is 14.4. The summed E-state index contributed by atoms with van der Waals surface area (Å²) in [5.41, 5.74) is 0. The van der Waals surface area contributed by atoms with Gasteiger partial charge in [0, 0.05) is 12.1 Å². The molecule has 0 aromatic heterocycles. The van der Waals surface area contributed by atoms with E-state index in [9.17, 15) is 0 Å². The van der Waals surface area contributed by atoms with Gasteiger partial charge in [0.1, 0.15) is 0 Å². The summed E-state index contributed by atoms with van der Waals surface area (Å²) in [6.07, 6.45) is 18.9. The number of rotatable bonds is 3. The molecule has 0 heterocycles. The molecule has 0 radical (unpaired) electrons. The molecule has 2 rings (SSSR count). The summed E-state index contributed by atoms with van der Waals surface area (Å²) in [7, 11) is 0. The summed E-state index contributed by atoms with van der Waals surface area (Å²) < 4.78 is 0. The predicted octanol–water partition coefficient (Wildman–Crippen LogP) is 5.05. The Labute approximate surface area is 114 Å². The second kappa shape index (κ2) is 8.19. The third kappa shape index (κ3) is 4.91. The lowest BCUT2D eigenvalue weighted by Gasteiger charge is -2.26. The van der Waals surface area contributed by atoms with Crippen molar-refractivity contribution in [2.75, 3.05) is 0 Å². The van der Waals surface area contributed by atoms with Gasteiger partial charge in [0.25, 0.3) is 0 Å². The molecule has 18 heavy (non-hydrogen) atoms. The van der Waals surface area contributed by atoms with E-state index < -0.39 is 0 Å². The van der Waals surface area contributed by atoms with Crippen LogP contribution in [0.15, 0.2) is 0 Å². The first-order chi connectivity index (χ1) is 8.88. The van der Waals surface area contributed by atoms with Gasteiger partial charge in [-0.15, -0.1) is 0 Å². The molecular weight excluding hydrogens is 218 g/mol. The lowest BCUT2D eigenvalue weighted by molar-refractivity contribution is 0.330. The molecule has 1 heteroatoms. The van der Waals surface area contributed by atoms with Gasteiger partial charge in [-0.1, -0.05) is 58.3 Å². The van der Waals surface area contributed by atoms with E-state index in [1.54, 1.807) is 0 Å². The molecule has 0 amide bonds. The van der Waals surface area contributed by atoms with Crippen LogP contribution in [-0.4, -0.2) is 12.1 Å². The SMILES string of the molecule is CCC1CCCC(NC2CCCCCCC2)CC1. The lowest BCUT2D eigenvalue weighted by atomic mass is 9.95. The molecule has 0 aromatic carbocycles. The molecule has 1 nitrogen and oxygen atoms in total. The van der Waals surface area contributed by atoms with Gasteiger partial charge < -0.3 is 5.32 Å². The molecule has 0 bridgehead atoms. The molecule has 2 atom stereocenters. The zero-order valence-corrected chi connectivity index (χ0v) is 12.4. The molecule has 2 aliphatic rings. The maximum atomic E-state index is 4.01. The van der Waals surface area contributed by atoms with Crippen LogP contribution in [-0.2, 0) is 0 Å². The molecule has 0 aliphatic heterocycles. The molecule has 0 saturated heterocycles. The van der Waals surface area contributed by atoms with E-state index in [4.69, 9.17) is 0 Å². The minimum absolute atomic E-state index is 0.839. The van der Waals surface area contributed by atoms with Crippen molar-refractivity contribution in [2.45, 2.75) is 102 Å². The van der Waals surface area contributed by atoms with Gasteiger partial charge in [-0.3, -0.25) is 0 Å². The third-order valence-corrected chi connectivity index (χ3v) is 5.24. The molecule has 106 valence electrons. The Hall–Kier alpha value is -0.0400. The Balaban J connectivity index is 1.73. The van der Waals surface area contributed by atoms with Crippen molar-refractivity contribution < 1.29 is 0 Å². The normalized spacial score (nSPS) is 32.5. The summed E-state index contributed by atoms with van der Waals surface area (Å²) in [6, 6.07) is 1.68. The average Bonchev–Trinajstić information content (AvgIpc) is 2.57. The fraction of sp³-hybridized carbons (Fsp3) is 1.00. The average molecular weight is 251 g/mol. The van der Waals surface area contributed by atoms with Gasteiger partial charge in [0.05, 0.1) is 0 Å². The van der Waals surface area contributed by atoms with Crippen LogP contribution in [0.4, 0.5) is 0 Å². The van der Waals surface area contributed by atoms with E-state index >= 15 is 0 Å². The Morgan fingerprint density at radius 3 is 2.00 bits per heavy atom. The van der Waals surface area contributed by atoms with Crippen LogP contribution in [0.5, 0.6) is 0 Å². The largest absolute Gasteiger partial charge is 0.311 e. The molecular formula is C17H33N. The summed E-state index contributed by atoms with van der Waals surface area (Å²) in [5.74, 6) is 1.02. The fourth-order valence-corrected chi connectivity index (χ4v) is 3.91. The van der Waals surface area contributed by atoms with Crippen LogP contribution < -0.4 is 5.32 Å². The summed E-state index contributed by atoms with van der Waals surface area (Å²) in [4.78, 5) is 0. The van der Waals surface area contributed by atoms with E-state index in [0.717, 1.165) is 18.0 Å². The Morgan fingerprint density at radius 2 is 1.28 bits per heavy atom. The Kier molecular flexibility index (Phi) is 6.54. The number of nitrogens with one attached hydrogen (secondary N) is 1. The van der Waals surface area contributed by atoms with Gasteiger partial charge in [0.15, 0.2) is 0 Å². The highest BCUT2D eigenvalue weighted by molar-refractivity contribution is 4.79. The van der Waals surface area contributed by atoms with Crippen LogP contribution in [0.1, 0.15) is 90.4 Å². The van der Waals surface area contributed by atoms with E-state index in [2.05, 4.69) is 12.2 Å². The zero-order chi connectivity index (χ0) is 12.6. The maximum absolute atomic E-state index is 4.01. The number of hydrogen-bond acceptors (Lipinski definition) is 1. The topological polar surface area (TPSA) is 12.0 Å². The highest BCUT2D eigenvalue weighted by Gasteiger charge is 2.20. The van der Waals surface area contributed by atoms with Crippen LogP contribution >= 0.6 is 0 Å². The van der Waals surface area contributed by atoms with E-state index in [0.29, 0.717) is 0 Å². The molecule has 2 unspecified atom stereocenters. The van der Waals surface area contributed by atoms with Gasteiger partial charge in [-0.05, 0) is 38.0 Å². The smallest absolute Gasteiger partial charge is 0.00697 e. The quantitative estimate of drug-likeness (QED) is 0.692. The van der Waals surface area contributed by atoms with Gasteiger partial charge in [0.2, 0.25) is 0 Å². The fourth-order valence-electron chi connectivity index (χ4n) is 3.91. The van der Waals surface area contributed by atoms with Crippen molar-refractivity contribution in [1.82, 2.24) is 5.32 Å². The predicted molar refractivity (Wildman–Crippen MR) is 79.9 cm³/mol. The second-order valence-corrected chi connectivity index (χ2v) is 6.69. The van der Waals surface area contributed by atoms with Gasteiger partial charge in [-0.2, -0.15) is 0 Å².